The Morgan fingerprint density at radius 3 is 3.05 bits per heavy atom. The lowest BCUT2D eigenvalue weighted by Gasteiger charge is -2.15. The van der Waals surface area contributed by atoms with Gasteiger partial charge in [0.15, 0.2) is 0 Å². The summed E-state index contributed by atoms with van der Waals surface area (Å²) in [4.78, 5) is 17.1. The van der Waals surface area contributed by atoms with Crippen molar-refractivity contribution in [2.75, 3.05) is 26.1 Å². The molecule has 1 atom stereocenters. The van der Waals surface area contributed by atoms with E-state index in [0.29, 0.717) is 18.2 Å². The van der Waals surface area contributed by atoms with Crippen LogP contribution in [0.15, 0.2) is 24.4 Å². The van der Waals surface area contributed by atoms with Crippen LogP contribution >= 0.6 is 11.6 Å². The molecular weight excluding hydrogens is 288 g/mol. The second-order valence-corrected chi connectivity index (χ2v) is 5.85. The topological polar surface area (TPSA) is 45.3 Å². The summed E-state index contributed by atoms with van der Waals surface area (Å²) in [6, 6.07) is 5.99. The smallest absolute Gasteiger partial charge is 0.222 e. The molecule has 112 valence electrons. The van der Waals surface area contributed by atoms with E-state index in [1.165, 1.54) is 5.56 Å². The maximum atomic E-state index is 11.9. The van der Waals surface area contributed by atoms with Gasteiger partial charge in [-0.25, -0.2) is 0 Å². The molecule has 0 aliphatic carbocycles. The van der Waals surface area contributed by atoms with E-state index in [4.69, 9.17) is 16.3 Å². The van der Waals surface area contributed by atoms with Crippen LogP contribution in [-0.2, 0) is 11.2 Å². The Balaban J connectivity index is 1.72. The molecule has 1 unspecified atom stereocenters. The number of aromatic amines is 1. The minimum absolute atomic E-state index is 0.220. The van der Waals surface area contributed by atoms with Gasteiger partial charge in [0.1, 0.15) is 5.75 Å². The van der Waals surface area contributed by atoms with Crippen molar-refractivity contribution in [3.8, 4) is 5.75 Å². The van der Waals surface area contributed by atoms with Crippen LogP contribution in [0, 0.1) is 5.92 Å². The van der Waals surface area contributed by atoms with Crippen molar-refractivity contribution in [1.29, 1.82) is 0 Å². The number of likely N-dealkylation sites (tertiary alicyclic amines) is 1. The first-order valence-corrected chi connectivity index (χ1v) is 7.72. The summed E-state index contributed by atoms with van der Waals surface area (Å²) >= 11 is 5.85. The van der Waals surface area contributed by atoms with Gasteiger partial charge in [-0.3, -0.25) is 4.79 Å². The number of methoxy groups -OCH3 is 1. The Labute approximate surface area is 129 Å². The normalized spacial score (nSPS) is 18.7. The number of halogens is 1. The van der Waals surface area contributed by atoms with E-state index >= 15 is 0 Å². The molecule has 0 saturated carbocycles. The van der Waals surface area contributed by atoms with Crippen molar-refractivity contribution in [3.05, 3.63) is 30.0 Å². The van der Waals surface area contributed by atoms with Gasteiger partial charge < -0.3 is 14.6 Å². The minimum atomic E-state index is 0.220. The lowest BCUT2D eigenvalue weighted by atomic mass is 10.1. The summed E-state index contributed by atoms with van der Waals surface area (Å²) in [6.07, 6.45) is 3.45. The number of hydrogen-bond acceptors (Lipinski definition) is 2. The number of rotatable bonds is 5. The lowest BCUT2D eigenvalue weighted by molar-refractivity contribution is -0.127. The number of carbonyl (C=O) groups is 1. The molecule has 5 heteroatoms. The first-order chi connectivity index (χ1) is 10.2. The molecule has 1 N–H and O–H groups in total. The van der Waals surface area contributed by atoms with Gasteiger partial charge in [0.25, 0.3) is 0 Å². The zero-order valence-electron chi connectivity index (χ0n) is 12.1. The van der Waals surface area contributed by atoms with Crippen LogP contribution < -0.4 is 4.74 Å². The number of nitrogens with zero attached hydrogens (tertiary/aromatic N) is 1. The fourth-order valence-corrected chi connectivity index (χ4v) is 3.13. The van der Waals surface area contributed by atoms with Crippen LogP contribution in [-0.4, -0.2) is 41.9 Å². The van der Waals surface area contributed by atoms with Crippen LogP contribution in [0.5, 0.6) is 5.75 Å². The van der Waals surface area contributed by atoms with E-state index in [0.717, 1.165) is 36.2 Å². The summed E-state index contributed by atoms with van der Waals surface area (Å²) in [7, 11) is 1.67. The molecule has 0 radical (unpaired) electrons. The number of H-pyrrole nitrogens is 1. The maximum absolute atomic E-state index is 11.9. The SMILES string of the molecule is COc1ccc2[nH]cc(CCN3CC(CCl)CC3=O)c2c1. The number of amides is 1. The number of aromatic nitrogens is 1. The monoisotopic (exact) mass is 306 g/mol. The summed E-state index contributed by atoms with van der Waals surface area (Å²) in [5.74, 6) is 1.94. The highest BCUT2D eigenvalue weighted by Gasteiger charge is 2.28. The van der Waals surface area contributed by atoms with Gasteiger partial charge in [-0.1, -0.05) is 0 Å². The van der Waals surface area contributed by atoms with Crippen molar-refractivity contribution < 1.29 is 9.53 Å². The van der Waals surface area contributed by atoms with Crippen LogP contribution in [0.1, 0.15) is 12.0 Å². The summed E-state index contributed by atoms with van der Waals surface area (Å²) < 4.78 is 5.28. The maximum Gasteiger partial charge on any atom is 0.222 e. The molecule has 4 nitrogen and oxygen atoms in total. The molecule has 1 amide bonds. The van der Waals surface area contributed by atoms with E-state index < -0.39 is 0 Å². The van der Waals surface area contributed by atoms with Crippen molar-refractivity contribution in [2.24, 2.45) is 5.92 Å². The van der Waals surface area contributed by atoms with Crippen LogP contribution in [0.2, 0.25) is 0 Å². The molecule has 1 aliphatic heterocycles. The average molecular weight is 307 g/mol. The number of benzene rings is 1. The molecule has 1 saturated heterocycles. The molecular formula is C16H19ClN2O2. The second-order valence-electron chi connectivity index (χ2n) is 5.54. The Morgan fingerprint density at radius 2 is 2.33 bits per heavy atom. The zero-order valence-corrected chi connectivity index (χ0v) is 12.8. The number of ether oxygens (including phenoxy) is 1. The molecule has 21 heavy (non-hydrogen) atoms. The van der Waals surface area contributed by atoms with Crippen molar-refractivity contribution >= 4 is 28.4 Å². The molecule has 1 aliphatic rings. The highest BCUT2D eigenvalue weighted by Crippen LogP contribution is 2.25. The Kier molecular flexibility index (Phi) is 4.06. The third-order valence-electron chi connectivity index (χ3n) is 4.14. The highest BCUT2D eigenvalue weighted by molar-refractivity contribution is 6.18. The molecule has 1 aromatic heterocycles. The first-order valence-electron chi connectivity index (χ1n) is 7.19. The lowest BCUT2D eigenvalue weighted by Crippen LogP contribution is -2.27. The van der Waals surface area contributed by atoms with Gasteiger partial charge in [0.2, 0.25) is 5.91 Å². The second kappa shape index (κ2) is 5.98. The van der Waals surface area contributed by atoms with Crippen LogP contribution in [0.25, 0.3) is 10.9 Å². The van der Waals surface area contributed by atoms with E-state index in [1.807, 2.05) is 29.3 Å². The van der Waals surface area contributed by atoms with Gasteiger partial charge in [0.05, 0.1) is 7.11 Å². The number of hydrogen-bond donors (Lipinski definition) is 1. The summed E-state index contributed by atoms with van der Waals surface area (Å²) in [6.45, 7) is 1.53. The molecule has 0 spiro atoms. The van der Waals surface area contributed by atoms with Gasteiger partial charge in [0, 0.05) is 42.5 Å². The quantitative estimate of drug-likeness (QED) is 0.863. The van der Waals surface area contributed by atoms with E-state index in [9.17, 15) is 4.79 Å². The molecule has 0 bridgehead atoms. The van der Waals surface area contributed by atoms with Gasteiger partial charge >= 0.3 is 0 Å². The molecule has 2 aromatic rings. The Morgan fingerprint density at radius 1 is 1.48 bits per heavy atom. The number of nitrogens with one attached hydrogen (secondary N) is 1. The average Bonchev–Trinajstić information content (AvgIpc) is 3.07. The zero-order chi connectivity index (χ0) is 14.8. The van der Waals surface area contributed by atoms with Gasteiger partial charge in [-0.2, -0.15) is 0 Å². The summed E-state index contributed by atoms with van der Waals surface area (Å²) in [5, 5.41) is 1.16. The van der Waals surface area contributed by atoms with Crippen molar-refractivity contribution in [3.63, 3.8) is 0 Å². The minimum Gasteiger partial charge on any atom is -0.497 e. The van der Waals surface area contributed by atoms with Crippen molar-refractivity contribution in [1.82, 2.24) is 9.88 Å². The fourth-order valence-electron chi connectivity index (χ4n) is 2.92. The molecule has 2 heterocycles. The molecule has 3 rings (SSSR count). The van der Waals surface area contributed by atoms with E-state index in [-0.39, 0.29) is 5.91 Å². The first kappa shape index (κ1) is 14.3. The van der Waals surface area contributed by atoms with Gasteiger partial charge in [-0.05, 0) is 36.1 Å². The Hall–Kier alpha value is -1.68. The van der Waals surface area contributed by atoms with Crippen molar-refractivity contribution in [2.45, 2.75) is 12.8 Å². The summed E-state index contributed by atoms with van der Waals surface area (Å²) in [5.41, 5.74) is 2.31. The van der Waals surface area contributed by atoms with E-state index in [1.54, 1.807) is 7.11 Å². The number of carbonyl (C=O) groups excluding carboxylic acids is 1. The highest BCUT2D eigenvalue weighted by atomic mass is 35.5. The fraction of sp³-hybridized carbons (Fsp3) is 0.438. The molecule has 1 fully saturated rings. The van der Waals surface area contributed by atoms with Gasteiger partial charge in [-0.15, -0.1) is 11.6 Å². The number of alkyl halides is 1. The predicted octanol–water partition coefficient (Wildman–Crippen LogP) is 2.81. The third-order valence-corrected chi connectivity index (χ3v) is 4.57. The predicted molar refractivity (Wildman–Crippen MR) is 84.0 cm³/mol. The van der Waals surface area contributed by atoms with Crippen LogP contribution in [0.3, 0.4) is 0 Å². The van der Waals surface area contributed by atoms with Crippen LogP contribution in [0.4, 0.5) is 0 Å². The van der Waals surface area contributed by atoms with E-state index in [2.05, 4.69) is 4.98 Å². The Bertz CT molecular complexity index is 653. The number of fused-ring (bicyclic) bond motifs is 1. The standard InChI is InChI=1S/C16H19ClN2O2/c1-21-13-2-3-15-14(7-13)12(9-18-15)4-5-19-10-11(8-17)6-16(19)20/h2-3,7,9,11,18H,4-6,8,10H2,1H3. The largest absolute Gasteiger partial charge is 0.497 e. The third kappa shape index (κ3) is 2.86. The molecule has 1 aromatic carbocycles.